The first kappa shape index (κ1) is 14.5. The third-order valence-corrected chi connectivity index (χ3v) is 4.24. The van der Waals surface area contributed by atoms with Gasteiger partial charge in [0.15, 0.2) is 0 Å². The van der Waals surface area contributed by atoms with E-state index in [0.717, 1.165) is 12.1 Å². The summed E-state index contributed by atoms with van der Waals surface area (Å²) in [4.78, 5) is 23.9. The minimum Gasteiger partial charge on any atom is -0.475 e. The van der Waals surface area contributed by atoms with Crippen molar-refractivity contribution in [1.82, 2.24) is 4.90 Å². The van der Waals surface area contributed by atoms with Crippen LogP contribution in [-0.4, -0.2) is 62.4 Å². The van der Waals surface area contributed by atoms with Gasteiger partial charge in [0.25, 0.3) is 0 Å². The van der Waals surface area contributed by atoms with Gasteiger partial charge in [-0.2, -0.15) is 0 Å². The molecule has 0 spiro atoms. The van der Waals surface area contributed by atoms with E-state index in [9.17, 15) is 18.0 Å². The summed E-state index contributed by atoms with van der Waals surface area (Å²) in [5.74, 6) is -3.16. The molecule has 0 unspecified atom stereocenters. The van der Waals surface area contributed by atoms with Crippen LogP contribution >= 0.6 is 0 Å². The van der Waals surface area contributed by atoms with Crippen LogP contribution in [0.5, 0.6) is 0 Å². The Bertz CT molecular complexity index is 612. The number of sulfone groups is 1. The second kappa shape index (κ2) is 5.63. The molecule has 0 radical (unpaired) electrons. The first-order chi connectivity index (χ1) is 9.40. The molecular formula is C11H13NO7S. The van der Waals surface area contributed by atoms with E-state index in [0.29, 0.717) is 26.3 Å². The predicted octanol–water partition coefficient (Wildman–Crippen LogP) is -0.390. The summed E-state index contributed by atoms with van der Waals surface area (Å²) in [7, 11) is -3.98. The van der Waals surface area contributed by atoms with E-state index < -0.39 is 38.3 Å². The van der Waals surface area contributed by atoms with Crippen LogP contribution in [0.25, 0.3) is 0 Å². The minimum atomic E-state index is -3.98. The molecule has 20 heavy (non-hydrogen) atoms. The Balaban J connectivity index is 2.09. The van der Waals surface area contributed by atoms with Crippen LogP contribution in [0.4, 0.5) is 0 Å². The van der Waals surface area contributed by atoms with Crippen LogP contribution in [0, 0.1) is 0 Å². The van der Waals surface area contributed by atoms with Crippen molar-refractivity contribution >= 4 is 21.7 Å². The third kappa shape index (κ3) is 3.17. The van der Waals surface area contributed by atoms with Crippen LogP contribution in [0.2, 0.25) is 0 Å². The number of carbonyl (C=O) groups excluding carboxylic acids is 1. The molecule has 1 amide bonds. The average Bonchev–Trinajstić information content (AvgIpc) is 2.90. The zero-order chi connectivity index (χ0) is 14.8. The molecule has 1 fully saturated rings. The Hall–Kier alpha value is -1.87. The van der Waals surface area contributed by atoms with Gasteiger partial charge in [-0.05, 0) is 12.1 Å². The number of hydrogen-bond acceptors (Lipinski definition) is 6. The molecule has 2 rings (SSSR count). The monoisotopic (exact) mass is 303 g/mol. The summed E-state index contributed by atoms with van der Waals surface area (Å²) in [6.45, 7) is 1.42. The first-order valence-corrected chi connectivity index (χ1v) is 7.47. The number of carboxylic acid groups (broad SMARTS) is 1. The number of hydrogen-bond donors (Lipinski definition) is 1. The van der Waals surface area contributed by atoms with E-state index in [2.05, 4.69) is 0 Å². The Labute approximate surface area is 114 Å². The van der Waals surface area contributed by atoms with Gasteiger partial charge in [0, 0.05) is 13.1 Å². The SMILES string of the molecule is O=C(O)c1ccc(S(=O)(=O)CC(=O)N2CCOCC2)o1. The maximum Gasteiger partial charge on any atom is 0.371 e. The summed E-state index contributed by atoms with van der Waals surface area (Å²) < 4.78 is 33.7. The Morgan fingerprint density at radius 3 is 2.45 bits per heavy atom. The number of carbonyl (C=O) groups is 2. The Morgan fingerprint density at radius 1 is 1.25 bits per heavy atom. The van der Waals surface area contributed by atoms with Gasteiger partial charge < -0.3 is 19.2 Å². The van der Waals surface area contributed by atoms with Gasteiger partial charge in [0.05, 0.1) is 13.2 Å². The van der Waals surface area contributed by atoms with Gasteiger partial charge >= 0.3 is 5.97 Å². The molecule has 0 aromatic carbocycles. The fourth-order valence-electron chi connectivity index (χ4n) is 1.74. The Morgan fingerprint density at radius 2 is 1.90 bits per heavy atom. The van der Waals surface area contributed by atoms with Gasteiger partial charge in [-0.15, -0.1) is 0 Å². The minimum absolute atomic E-state index is 0.340. The molecule has 0 saturated carbocycles. The molecule has 0 atom stereocenters. The fourth-order valence-corrected chi connectivity index (χ4v) is 2.88. The topological polar surface area (TPSA) is 114 Å². The number of rotatable bonds is 4. The van der Waals surface area contributed by atoms with Crippen molar-refractivity contribution < 1.29 is 32.3 Å². The second-order valence-electron chi connectivity index (χ2n) is 4.18. The maximum atomic E-state index is 12.0. The molecule has 110 valence electrons. The molecule has 2 heterocycles. The first-order valence-electron chi connectivity index (χ1n) is 5.81. The molecule has 1 aliphatic heterocycles. The largest absolute Gasteiger partial charge is 0.475 e. The van der Waals surface area contributed by atoms with E-state index in [-0.39, 0.29) is 0 Å². The van der Waals surface area contributed by atoms with Crippen LogP contribution < -0.4 is 0 Å². The van der Waals surface area contributed by atoms with Crippen molar-refractivity contribution in [2.45, 2.75) is 5.09 Å². The van der Waals surface area contributed by atoms with E-state index in [1.165, 1.54) is 4.90 Å². The van der Waals surface area contributed by atoms with Gasteiger partial charge in [0.1, 0.15) is 5.75 Å². The standard InChI is InChI=1S/C11H13NO7S/c13-9(12-3-5-18-6-4-12)7-20(16,17)10-2-1-8(19-10)11(14)15/h1-2H,3-7H2,(H,14,15). The van der Waals surface area contributed by atoms with Gasteiger partial charge in [-0.25, -0.2) is 13.2 Å². The number of furan rings is 1. The molecule has 8 nitrogen and oxygen atoms in total. The summed E-state index contributed by atoms with van der Waals surface area (Å²) in [6.07, 6.45) is 0. The van der Waals surface area contributed by atoms with Crippen molar-refractivity contribution in [1.29, 1.82) is 0 Å². The molecule has 1 aromatic rings. The Kier molecular flexibility index (Phi) is 4.09. The summed E-state index contributed by atoms with van der Waals surface area (Å²) in [6, 6.07) is 2.07. The molecule has 1 saturated heterocycles. The molecule has 1 N–H and O–H groups in total. The lowest BCUT2D eigenvalue weighted by atomic mass is 10.4. The highest BCUT2D eigenvalue weighted by Crippen LogP contribution is 2.16. The average molecular weight is 303 g/mol. The normalized spacial score (nSPS) is 16.1. The molecular weight excluding hydrogens is 290 g/mol. The number of amides is 1. The quantitative estimate of drug-likeness (QED) is 0.805. The molecule has 0 bridgehead atoms. The highest BCUT2D eigenvalue weighted by Gasteiger charge is 2.27. The molecule has 9 heteroatoms. The number of ether oxygens (including phenoxy) is 1. The van der Waals surface area contributed by atoms with Gasteiger partial charge in [0.2, 0.25) is 26.6 Å². The lowest BCUT2D eigenvalue weighted by Gasteiger charge is -2.26. The van der Waals surface area contributed by atoms with Crippen LogP contribution in [0.1, 0.15) is 10.6 Å². The smallest absolute Gasteiger partial charge is 0.371 e. The molecule has 0 aliphatic carbocycles. The van der Waals surface area contributed by atoms with Crippen LogP contribution in [-0.2, 0) is 19.4 Å². The lowest BCUT2D eigenvalue weighted by molar-refractivity contribution is -0.132. The zero-order valence-electron chi connectivity index (χ0n) is 10.4. The number of morpholine rings is 1. The molecule has 1 aromatic heterocycles. The number of aromatic carboxylic acids is 1. The van der Waals surface area contributed by atoms with Crippen LogP contribution in [0.3, 0.4) is 0 Å². The third-order valence-electron chi connectivity index (χ3n) is 2.78. The van der Waals surface area contributed by atoms with E-state index in [4.69, 9.17) is 14.3 Å². The summed E-state index contributed by atoms with van der Waals surface area (Å²) in [5.41, 5.74) is 0. The van der Waals surface area contributed by atoms with Crippen molar-refractivity contribution in [3.8, 4) is 0 Å². The number of nitrogens with zero attached hydrogens (tertiary/aromatic N) is 1. The molecule has 1 aliphatic rings. The predicted molar refractivity (Wildman–Crippen MR) is 65.1 cm³/mol. The van der Waals surface area contributed by atoms with Crippen molar-refractivity contribution in [3.63, 3.8) is 0 Å². The highest BCUT2D eigenvalue weighted by molar-refractivity contribution is 7.92. The van der Waals surface area contributed by atoms with Gasteiger partial charge in [-0.3, -0.25) is 4.79 Å². The lowest BCUT2D eigenvalue weighted by Crippen LogP contribution is -2.43. The van der Waals surface area contributed by atoms with Crippen molar-refractivity contribution in [3.05, 3.63) is 17.9 Å². The van der Waals surface area contributed by atoms with Crippen molar-refractivity contribution in [2.24, 2.45) is 0 Å². The zero-order valence-corrected chi connectivity index (χ0v) is 11.3. The number of carboxylic acids is 1. The highest BCUT2D eigenvalue weighted by atomic mass is 32.2. The van der Waals surface area contributed by atoms with Crippen molar-refractivity contribution in [2.75, 3.05) is 32.1 Å². The van der Waals surface area contributed by atoms with E-state index in [1.54, 1.807) is 0 Å². The fraction of sp³-hybridized carbons (Fsp3) is 0.455. The van der Waals surface area contributed by atoms with E-state index >= 15 is 0 Å². The van der Waals surface area contributed by atoms with Crippen LogP contribution in [0.15, 0.2) is 21.6 Å². The van der Waals surface area contributed by atoms with E-state index in [1.807, 2.05) is 0 Å². The summed E-state index contributed by atoms with van der Waals surface area (Å²) in [5, 5.41) is 8.15. The van der Waals surface area contributed by atoms with Gasteiger partial charge in [-0.1, -0.05) is 0 Å². The maximum absolute atomic E-state index is 12.0. The summed E-state index contributed by atoms with van der Waals surface area (Å²) >= 11 is 0. The second-order valence-corrected chi connectivity index (χ2v) is 6.10.